The summed E-state index contributed by atoms with van der Waals surface area (Å²) in [4.78, 5) is 18.7. The lowest BCUT2D eigenvalue weighted by Crippen LogP contribution is -2.36. The molecule has 31 heavy (non-hydrogen) atoms. The first kappa shape index (κ1) is 21.0. The second-order valence-corrected chi connectivity index (χ2v) is 8.18. The number of rotatable bonds is 5. The van der Waals surface area contributed by atoms with Crippen LogP contribution in [0.2, 0.25) is 0 Å². The quantitative estimate of drug-likeness (QED) is 0.500. The van der Waals surface area contributed by atoms with Crippen molar-refractivity contribution >= 4 is 28.3 Å². The molecule has 4 aromatic rings. The standard InChI is InChI=1S/C20H19F3N6OS/c1-11(10-29-7-6-16(27-29)20(21,22)23)24-19(30)13-9-14(15-5-4-8-31-15)25-18-17(13)12(2)26-28(18)3/h4-9,11H,10H2,1-3H3,(H,24,30)/t11-/m1/s1. The van der Waals surface area contributed by atoms with Gasteiger partial charge in [-0.25, -0.2) is 4.98 Å². The minimum absolute atomic E-state index is 0.0971. The highest BCUT2D eigenvalue weighted by atomic mass is 32.1. The summed E-state index contributed by atoms with van der Waals surface area (Å²) >= 11 is 1.51. The Labute approximate surface area is 179 Å². The normalized spacial score (nSPS) is 13.0. The first-order valence-electron chi connectivity index (χ1n) is 9.43. The number of amides is 1. The highest BCUT2D eigenvalue weighted by Crippen LogP contribution is 2.29. The topological polar surface area (TPSA) is 77.6 Å². The van der Waals surface area contributed by atoms with E-state index in [1.165, 1.54) is 22.2 Å². The molecule has 0 aromatic carbocycles. The molecule has 0 radical (unpaired) electrons. The van der Waals surface area contributed by atoms with Gasteiger partial charge in [-0.1, -0.05) is 6.07 Å². The van der Waals surface area contributed by atoms with Crippen molar-refractivity contribution in [3.63, 3.8) is 0 Å². The molecule has 11 heteroatoms. The minimum Gasteiger partial charge on any atom is -0.348 e. The number of pyridine rings is 1. The predicted octanol–water partition coefficient (Wildman–Crippen LogP) is 4.04. The van der Waals surface area contributed by atoms with E-state index in [2.05, 4.69) is 20.5 Å². The molecule has 4 aromatic heterocycles. The van der Waals surface area contributed by atoms with E-state index in [1.54, 1.807) is 31.6 Å². The lowest BCUT2D eigenvalue weighted by molar-refractivity contribution is -0.141. The Hall–Kier alpha value is -3.21. The molecule has 1 N–H and O–H groups in total. The lowest BCUT2D eigenvalue weighted by Gasteiger charge is -2.15. The van der Waals surface area contributed by atoms with E-state index in [1.807, 2.05) is 17.5 Å². The third kappa shape index (κ3) is 4.18. The number of thiophene rings is 1. The molecule has 4 heterocycles. The molecule has 0 bridgehead atoms. The van der Waals surface area contributed by atoms with Crippen molar-refractivity contribution in [2.24, 2.45) is 7.05 Å². The lowest BCUT2D eigenvalue weighted by atomic mass is 10.1. The summed E-state index contributed by atoms with van der Waals surface area (Å²) in [7, 11) is 1.76. The first-order chi connectivity index (χ1) is 14.6. The van der Waals surface area contributed by atoms with Gasteiger partial charge >= 0.3 is 6.18 Å². The van der Waals surface area contributed by atoms with Gasteiger partial charge < -0.3 is 5.32 Å². The van der Waals surface area contributed by atoms with Crippen molar-refractivity contribution in [1.82, 2.24) is 29.9 Å². The van der Waals surface area contributed by atoms with Crippen LogP contribution in [0.15, 0.2) is 35.8 Å². The van der Waals surface area contributed by atoms with Crippen LogP contribution in [0, 0.1) is 6.92 Å². The fraction of sp³-hybridized carbons (Fsp3) is 0.300. The van der Waals surface area contributed by atoms with Crippen LogP contribution in [0.1, 0.15) is 28.7 Å². The Morgan fingerprint density at radius 2 is 2.06 bits per heavy atom. The van der Waals surface area contributed by atoms with Crippen LogP contribution in [-0.2, 0) is 19.8 Å². The van der Waals surface area contributed by atoms with Gasteiger partial charge in [-0.3, -0.25) is 14.2 Å². The molecule has 162 valence electrons. The maximum atomic E-state index is 13.1. The molecule has 0 saturated carbocycles. The molecular weight excluding hydrogens is 429 g/mol. The van der Waals surface area contributed by atoms with E-state index in [-0.39, 0.29) is 12.5 Å². The van der Waals surface area contributed by atoms with Crippen LogP contribution in [0.25, 0.3) is 21.6 Å². The number of aromatic nitrogens is 5. The number of hydrogen-bond donors (Lipinski definition) is 1. The molecule has 0 aliphatic rings. The molecule has 0 aliphatic carbocycles. The Bertz CT molecular complexity index is 1240. The summed E-state index contributed by atoms with van der Waals surface area (Å²) < 4.78 is 41.1. The zero-order chi connectivity index (χ0) is 22.3. The number of carbonyl (C=O) groups excluding carboxylic acids is 1. The summed E-state index contributed by atoms with van der Waals surface area (Å²) in [5, 5.41) is 13.3. The molecular formula is C20H19F3N6OS. The van der Waals surface area contributed by atoms with Crippen molar-refractivity contribution in [3.05, 3.63) is 52.8 Å². The minimum atomic E-state index is -4.50. The van der Waals surface area contributed by atoms with Gasteiger partial charge in [0, 0.05) is 19.3 Å². The van der Waals surface area contributed by atoms with Crippen LogP contribution < -0.4 is 5.32 Å². The van der Waals surface area contributed by atoms with Crippen LogP contribution in [0.5, 0.6) is 0 Å². The number of halogens is 3. The Morgan fingerprint density at radius 3 is 2.71 bits per heavy atom. The van der Waals surface area contributed by atoms with Gasteiger partial charge in [0.1, 0.15) is 0 Å². The number of hydrogen-bond acceptors (Lipinski definition) is 5. The summed E-state index contributed by atoms with van der Waals surface area (Å²) in [5.74, 6) is -0.350. The van der Waals surface area contributed by atoms with Gasteiger partial charge in [-0.2, -0.15) is 23.4 Å². The van der Waals surface area contributed by atoms with E-state index in [0.717, 1.165) is 10.9 Å². The van der Waals surface area contributed by atoms with Gasteiger partial charge in [-0.05, 0) is 37.4 Å². The van der Waals surface area contributed by atoms with Crippen molar-refractivity contribution < 1.29 is 18.0 Å². The predicted molar refractivity (Wildman–Crippen MR) is 111 cm³/mol. The Balaban J connectivity index is 1.62. The zero-order valence-electron chi connectivity index (χ0n) is 16.9. The van der Waals surface area contributed by atoms with E-state index >= 15 is 0 Å². The second kappa shape index (κ2) is 7.80. The van der Waals surface area contributed by atoms with Crippen molar-refractivity contribution in [3.8, 4) is 10.6 Å². The summed E-state index contributed by atoms with van der Waals surface area (Å²) in [6, 6.07) is 6.00. The van der Waals surface area contributed by atoms with Crippen molar-refractivity contribution in [2.75, 3.05) is 0 Å². The molecule has 0 saturated heterocycles. The molecule has 1 amide bonds. The molecule has 0 spiro atoms. The van der Waals surface area contributed by atoms with Gasteiger partial charge in [0.25, 0.3) is 5.91 Å². The second-order valence-electron chi connectivity index (χ2n) is 7.24. The van der Waals surface area contributed by atoms with E-state index in [9.17, 15) is 18.0 Å². The van der Waals surface area contributed by atoms with Gasteiger partial charge in [0.2, 0.25) is 0 Å². The largest absolute Gasteiger partial charge is 0.435 e. The molecule has 7 nitrogen and oxygen atoms in total. The molecule has 4 rings (SSSR count). The SMILES string of the molecule is Cc1nn(C)c2nc(-c3cccs3)cc(C(=O)N[C@H](C)Cn3ccc(C(F)(F)F)n3)c12. The number of nitrogens with one attached hydrogen (secondary N) is 1. The number of carbonyl (C=O) groups is 1. The van der Waals surface area contributed by atoms with Gasteiger partial charge in [0.15, 0.2) is 11.3 Å². The Kier molecular flexibility index (Phi) is 5.29. The summed E-state index contributed by atoms with van der Waals surface area (Å²) in [6.07, 6.45) is -3.26. The third-order valence-corrected chi connectivity index (χ3v) is 5.65. The summed E-state index contributed by atoms with van der Waals surface area (Å²) in [5.41, 5.74) is 1.37. The monoisotopic (exact) mass is 448 g/mol. The van der Waals surface area contributed by atoms with Crippen LogP contribution in [-0.4, -0.2) is 36.5 Å². The average molecular weight is 448 g/mol. The van der Waals surface area contributed by atoms with Gasteiger partial charge in [-0.15, -0.1) is 11.3 Å². The molecule has 1 atom stereocenters. The number of fused-ring (bicyclic) bond motifs is 1. The van der Waals surface area contributed by atoms with Crippen molar-refractivity contribution in [1.29, 1.82) is 0 Å². The summed E-state index contributed by atoms with van der Waals surface area (Å²) in [6.45, 7) is 3.61. The molecule has 0 unspecified atom stereocenters. The zero-order valence-corrected chi connectivity index (χ0v) is 17.8. The Morgan fingerprint density at radius 1 is 1.29 bits per heavy atom. The number of alkyl halides is 3. The average Bonchev–Trinajstić information content (AvgIpc) is 3.42. The first-order valence-corrected chi connectivity index (χ1v) is 10.3. The third-order valence-electron chi connectivity index (χ3n) is 4.76. The highest BCUT2D eigenvalue weighted by molar-refractivity contribution is 7.13. The van der Waals surface area contributed by atoms with Gasteiger partial charge in [0.05, 0.1) is 33.8 Å². The maximum absolute atomic E-state index is 13.1. The molecule has 0 aliphatic heterocycles. The number of nitrogens with zero attached hydrogens (tertiary/aromatic N) is 5. The maximum Gasteiger partial charge on any atom is 0.435 e. The van der Waals surface area contributed by atoms with Crippen LogP contribution in [0.4, 0.5) is 13.2 Å². The van der Waals surface area contributed by atoms with E-state index < -0.39 is 17.9 Å². The van der Waals surface area contributed by atoms with E-state index in [0.29, 0.717) is 28.0 Å². The number of aryl methyl sites for hydroxylation is 2. The van der Waals surface area contributed by atoms with Crippen LogP contribution >= 0.6 is 11.3 Å². The molecule has 0 fully saturated rings. The van der Waals surface area contributed by atoms with Crippen molar-refractivity contribution in [2.45, 2.75) is 32.6 Å². The smallest absolute Gasteiger partial charge is 0.348 e. The van der Waals surface area contributed by atoms with Crippen LogP contribution in [0.3, 0.4) is 0 Å². The van der Waals surface area contributed by atoms with E-state index in [4.69, 9.17) is 0 Å². The fourth-order valence-electron chi connectivity index (χ4n) is 3.42. The highest BCUT2D eigenvalue weighted by Gasteiger charge is 2.33. The fourth-order valence-corrected chi connectivity index (χ4v) is 4.10.